The maximum absolute atomic E-state index is 13.7. The number of allylic oxidation sites excluding steroid dienone is 5. The second kappa shape index (κ2) is 16.1. The molecule has 0 spiro atoms. The summed E-state index contributed by atoms with van der Waals surface area (Å²) in [5, 5.41) is 13.9. The fourth-order valence-electron chi connectivity index (χ4n) is 17.5. The van der Waals surface area contributed by atoms with E-state index in [1.165, 1.54) is 87.2 Å². The molecule has 0 saturated heterocycles. The minimum atomic E-state index is -2.95. The van der Waals surface area contributed by atoms with Crippen LogP contribution in [0.5, 0.6) is 5.88 Å². The van der Waals surface area contributed by atoms with Gasteiger partial charge in [0.2, 0.25) is 5.88 Å². The number of hydrogen-bond acceptors (Lipinski definition) is 8. The molecule has 0 radical (unpaired) electrons. The zero-order chi connectivity index (χ0) is 45.7. The first-order valence-corrected chi connectivity index (χ1v) is 27.3. The van der Waals surface area contributed by atoms with Crippen molar-refractivity contribution in [2.45, 2.75) is 168 Å². The molecule has 9 rings (SSSR count). The molecule has 350 valence electrons. The van der Waals surface area contributed by atoms with Crippen molar-refractivity contribution in [3.8, 4) is 11.9 Å². The summed E-state index contributed by atoms with van der Waals surface area (Å²) in [6, 6.07) is 5.58. The Hall–Kier alpha value is -2.96. The van der Waals surface area contributed by atoms with Crippen LogP contribution in [0.1, 0.15) is 163 Å². The van der Waals surface area contributed by atoms with E-state index in [0.29, 0.717) is 65.9 Å². The summed E-state index contributed by atoms with van der Waals surface area (Å²) in [7, 11) is -2.95. The summed E-state index contributed by atoms with van der Waals surface area (Å²) >= 11 is 0. The van der Waals surface area contributed by atoms with Crippen LogP contribution in [-0.4, -0.2) is 56.2 Å². The Morgan fingerprint density at radius 2 is 1.77 bits per heavy atom. The number of nitrogens with zero attached hydrogens (tertiary/aromatic N) is 2. The second-order valence-electron chi connectivity index (χ2n) is 24.2. The van der Waals surface area contributed by atoms with Gasteiger partial charge >= 0.3 is 5.97 Å². The van der Waals surface area contributed by atoms with E-state index in [1.807, 2.05) is 6.92 Å². The number of rotatable bonds is 12. The first-order chi connectivity index (χ1) is 30.2. The molecule has 8 nitrogen and oxygen atoms in total. The van der Waals surface area contributed by atoms with Crippen LogP contribution in [-0.2, 0) is 19.4 Å². The first-order valence-electron chi connectivity index (χ1n) is 25.4. The zero-order valence-corrected chi connectivity index (χ0v) is 41.4. The molecule has 9 heteroatoms. The van der Waals surface area contributed by atoms with Crippen LogP contribution >= 0.6 is 0 Å². The fraction of sp³-hybridized carbons (Fsp3) is 0.764. The highest BCUT2D eigenvalue weighted by Crippen LogP contribution is 2.77. The summed E-state index contributed by atoms with van der Waals surface area (Å²) in [6.45, 7) is 23.6. The summed E-state index contributed by atoms with van der Waals surface area (Å²) < 4.78 is 36.6. The smallest absolute Gasteiger partial charge is 0.315 e. The van der Waals surface area contributed by atoms with Crippen molar-refractivity contribution in [1.29, 1.82) is 5.26 Å². The predicted octanol–water partition coefficient (Wildman–Crippen LogP) is 11.5. The molecule has 8 aliphatic rings. The van der Waals surface area contributed by atoms with Crippen molar-refractivity contribution in [3.05, 3.63) is 59.3 Å². The van der Waals surface area contributed by atoms with Crippen LogP contribution in [0.2, 0.25) is 0 Å². The van der Waals surface area contributed by atoms with Crippen LogP contribution in [0.3, 0.4) is 0 Å². The van der Waals surface area contributed by atoms with E-state index in [-0.39, 0.29) is 50.9 Å². The molecule has 1 N–H and O–H groups in total. The van der Waals surface area contributed by atoms with Crippen LogP contribution in [0.25, 0.3) is 0 Å². The minimum absolute atomic E-state index is 0.000246. The quantitative estimate of drug-likeness (QED) is 0.163. The van der Waals surface area contributed by atoms with Crippen molar-refractivity contribution in [3.63, 3.8) is 0 Å². The number of sulfone groups is 1. The van der Waals surface area contributed by atoms with E-state index in [1.54, 1.807) is 18.3 Å². The standard InChI is InChI=1S/C55H79N3O5S/c1-10-62-48(59)54(35-63-47-38(34-56)12-11-30-57-47)23-15-37(16-24-54)42-19-21-50(6)44(49(42,4)5)20-22-52(8)45(50)14-13-43-46-41(36(2)3)18-26-55(46,28-27-51(43,52)7)58-31-29-53-25-17-40(64(9,60)61)32-39(53)33-53/h11-12,15,19,30,39-41,43-46,58H,2,10,13-14,16-18,20-29,31-33,35H2,1,3-9H3/t39?,40-,41-,43+,44-,45+,46+,50-,51+,52+,53-,54-,55-/m0/s1. The monoisotopic (exact) mass is 894 g/mol. The highest BCUT2D eigenvalue weighted by Gasteiger charge is 2.70. The van der Waals surface area contributed by atoms with Crippen molar-refractivity contribution in [2.24, 2.45) is 68.0 Å². The Morgan fingerprint density at radius 1 is 0.969 bits per heavy atom. The zero-order valence-electron chi connectivity index (χ0n) is 40.6. The summed E-state index contributed by atoms with van der Waals surface area (Å²) in [5.41, 5.74) is 5.08. The van der Waals surface area contributed by atoms with E-state index >= 15 is 0 Å². The number of nitriles is 1. The number of ether oxygens (including phenoxy) is 2. The van der Waals surface area contributed by atoms with Crippen LogP contribution < -0.4 is 10.1 Å². The largest absolute Gasteiger partial charge is 0.475 e. The second-order valence-corrected chi connectivity index (χ2v) is 26.6. The lowest BCUT2D eigenvalue weighted by molar-refractivity contribution is -0.221. The Kier molecular flexibility index (Phi) is 11.6. The summed E-state index contributed by atoms with van der Waals surface area (Å²) in [5.74, 6) is 3.74. The molecule has 8 aliphatic carbocycles. The fourth-order valence-corrected chi connectivity index (χ4v) is 18.7. The molecular formula is C55H79N3O5S. The minimum Gasteiger partial charge on any atom is -0.475 e. The van der Waals surface area contributed by atoms with Gasteiger partial charge in [-0.25, -0.2) is 13.4 Å². The molecule has 0 aliphatic heterocycles. The third-order valence-corrected chi connectivity index (χ3v) is 22.9. The molecule has 0 aromatic carbocycles. The van der Waals surface area contributed by atoms with E-state index in [0.717, 1.165) is 38.6 Å². The van der Waals surface area contributed by atoms with E-state index < -0.39 is 15.3 Å². The average molecular weight is 894 g/mol. The number of fused-ring (bicyclic) bond motifs is 8. The molecule has 1 aromatic rings. The van der Waals surface area contributed by atoms with Crippen LogP contribution in [0.4, 0.5) is 0 Å². The lowest BCUT2D eigenvalue weighted by atomic mass is 9.33. The maximum Gasteiger partial charge on any atom is 0.315 e. The average Bonchev–Trinajstić information content (AvgIpc) is 3.84. The molecule has 13 atom stereocenters. The van der Waals surface area contributed by atoms with Crippen LogP contribution in [0, 0.1) is 79.3 Å². The van der Waals surface area contributed by atoms with Crippen molar-refractivity contribution >= 4 is 15.8 Å². The Balaban J connectivity index is 0.927. The predicted molar refractivity (Wildman–Crippen MR) is 254 cm³/mol. The number of nitrogens with one attached hydrogen (secondary N) is 1. The van der Waals surface area contributed by atoms with Crippen LogP contribution in [0.15, 0.2) is 53.8 Å². The lowest BCUT2D eigenvalue weighted by Gasteiger charge is -2.72. The summed E-state index contributed by atoms with van der Waals surface area (Å²) in [6.07, 6.45) is 26.5. The number of pyridine rings is 1. The topological polar surface area (TPSA) is 118 Å². The molecule has 6 fully saturated rings. The molecule has 1 heterocycles. The third-order valence-electron chi connectivity index (χ3n) is 21.3. The highest BCUT2D eigenvalue weighted by atomic mass is 32.2. The van der Waals surface area contributed by atoms with Gasteiger partial charge in [0.05, 0.1) is 11.9 Å². The van der Waals surface area contributed by atoms with Crippen molar-refractivity contribution < 1.29 is 22.7 Å². The number of hydrogen-bond donors (Lipinski definition) is 1. The van der Waals surface area contributed by atoms with Gasteiger partial charge < -0.3 is 14.8 Å². The molecule has 64 heavy (non-hydrogen) atoms. The highest BCUT2D eigenvalue weighted by molar-refractivity contribution is 7.91. The van der Waals surface area contributed by atoms with Gasteiger partial charge in [-0.2, -0.15) is 5.26 Å². The Labute approximate surface area is 386 Å². The number of carbonyl (C=O) groups is 1. The summed E-state index contributed by atoms with van der Waals surface area (Å²) in [4.78, 5) is 18.0. The normalized spacial score (nSPS) is 43.1. The molecule has 6 saturated carbocycles. The number of esters is 1. The maximum atomic E-state index is 13.7. The van der Waals surface area contributed by atoms with Gasteiger partial charge in [-0.15, -0.1) is 0 Å². The Bertz CT molecular complexity index is 2260. The van der Waals surface area contributed by atoms with Gasteiger partial charge in [0.25, 0.3) is 0 Å². The SMILES string of the molecule is C=C(C)[C@@H]1CC[C@]2(NCC[C@]34CC[C@H](S(C)(=O)=O)CC3C4)CC[C@]3(C)[C@H](CC[C@@H]4[C@@]5(C)CC=C(C6=CC[C@](COc7ncccc7C#N)(C(=O)OCC)CC6)C(C)(C)[C@@H]5CC[C@]43C)[C@@H]12. The lowest BCUT2D eigenvalue weighted by Crippen LogP contribution is -2.68. The van der Waals surface area contributed by atoms with Crippen molar-refractivity contribution in [2.75, 3.05) is 26.0 Å². The molecule has 1 unspecified atom stereocenters. The van der Waals surface area contributed by atoms with E-state index in [2.05, 4.69) is 76.6 Å². The Morgan fingerprint density at radius 3 is 2.45 bits per heavy atom. The molecule has 0 bridgehead atoms. The molecule has 1 aromatic heterocycles. The van der Waals surface area contributed by atoms with Gasteiger partial charge in [0, 0.05) is 18.0 Å². The van der Waals surface area contributed by atoms with Crippen molar-refractivity contribution in [1.82, 2.24) is 10.3 Å². The van der Waals surface area contributed by atoms with Gasteiger partial charge in [0.1, 0.15) is 33.5 Å². The van der Waals surface area contributed by atoms with E-state index in [4.69, 9.17) is 9.47 Å². The first kappa shape index (κ1) is 46.2. The van der Waals surface area contributed by atoms with Gasteiger partial charge in [-0.05, 0) is 215 Å². The van der Waals surface area contributed by atoms with Gasteiger partial charge in [-0.3, -0.25) is 4.79 Å². The number of carbonyl (C=O) groups excluding carboxylic acids is 1. The molecular weight excluding hydrogens is 815 g/mol. The molecule has 0 amide bonds. The third kappa shape index (κ3) is 7.13. The van der Waals surface area contributed by atoms with Gasteiger partial charge in [0.15, 0.2) is 0 Å². The van der Waals surface area contributed by atoms with Gasteiger partial charge in [-0.1, -0.05) is 58.9 Å². The number of aromatic nitrogens is 1. The van der Waals surface area contributed by atoms with E-state index in [9.17, 15) is 18.5 Å².